The second-order valence-electron chi connectivity index (χ2n) is 5.22. The van der Waals surface area contributed by atoms with Gasteiger partial charge in [-0.25, -0.2) is 0 Å². The van der Waals surface area contributed by atoms with E-state index >= 15 is 0 Å². The Morgan fingerprint density at radius 3 is 2.45 bits per heavy atom. The van der Waals surface area contributed by atoms with Crippen molar-refractivity contribution in [2.45, 2.75) is 40.0 Å². The molecule has 0 aliphatic carbocycles. The summed E-state index contributed by atoms with van der Waals surface area (Å²) in [5, 5.41) is 0. The molecule has 0 heterocycles. The Balaban J connectivity index is 2.25. The number of allylic oxidation sites excluding steroid dienone is 3. The van der Waals surface area contributed by atoms with Gasteiger partial charge in [0, 0.05) is 0 Å². The van der Waals surface area contributed by atoms with Crippen molar-refractivity contribution in [2.24, 2.45) is 0 Å². The van der Waals surface area contributed by atoms with E-state index in [4.69, 9.17) is 4.74 Å². The highest BCUT2D eigenvalue weighted by Crippen LogP contribution is 2.07. The monoisotopic (exact) mass is 272 g/mol. The molecule has 0 aromatic heterocycles. The Labute approximate surface area is 122 Å². The summed E-state index contributed by atoms with van der Waals surface area (Å²) in [5.41, 5.74) is 3.59. The van der Waals surface area contributed by atoms with Gasteiger partial charge in [0.2, 0.25) is 0 Å². The molecule has 1 rings (SSSR count). The molecule has 0 N–H and O–H groups in total. The van der Waals surface area contributed by atoms with Crippen LogP contribution in [0.5, 0.6) is 0 Å². The van der Waals surface area contributed by atoms with Crippen LogP contribution in [0, 0.1) is 0 Å². The van der Waals surface area contributed by atoms with Crippen molar-refractivity contribution in [2.75, 3.05) is 6.61 Å². The van der Waals surface area contributed by atoms with Gasteiger partial charge in [-0.3, -0.25) is 4.79 Å². The van der Waals surface area contributed by atoms with E-state index in [9.17, 15) is 4.79 Å². The minimum Gasteiger partial charge on any atom is -0.461 e. The van der Waals surface area contributed by atoms with Crippen LogP contribution in [0.15, 0.2) is 53.6 Å². The van der Waals surface area contributed by atoms with Crippen molar-refractivity contribution >= 4 is 5.97 Å². The highest BCUT2D eigenvalue weighted by Gasteiger charge is 2.03. The summed E-state index contributed by atoms with van der Waals surface area (Å²) in [5.74, 6) is -0.176. The summed E-state index contributed by atoms with van der Waals surface area (Å²) < 4.78 is 5.21. The molecule has 0 radical (unpaired) electrons. The molecule has 108 valence electrons. The van der Waals surface area contributed by atoms with Gasteiger partial charge in [-0.15, -0.1) is 0 Å². The van der Waals surface area contributed by atoms with Crippen LogP contribution in [-0.2, 0) is 16.0 Å². The van der Waals surface area contributed by atoms with Crippen molar-refractivity contribution in [3.63, 3.8) is 0 Å². The van der Waals surface area contributed by atoms with Crippen LogP contribution >= 0.6 is 0 Å². The fraction of sp³-hybridized carbons (Fsp3) is 0.389. The Bertz CT molecular complexity index is 465. The lowest BCUT2D eigenvalue weighted by Crippen LogP contribution is -2.08. The zero-order chi connectivity index (χ0) is 14.8. The molecular formula is C18H24O2. The average molecular weight is 272 g/mol. The fourth-order valence-electron chi connectivity index (χ4n) is 1.78. The minimum absolute atomic E-state index is 0.176. The maximum Gasteiger partial charge on any atom is 0.310 e. The molecule has 20 heavy (non-hydrogen) atoms. The van der Waals surface area contributed by atoms with Crippen molar-refractivity contribution in [3.05, 3.63) is 59.2 Å². The minimum atomic E-state index is -0.176. The second kappa shape index (κ2) is 9.13. The molecule has 2 nitrogen and oxygen atoms in total. The number of benzene rings is 1. The molecule has 0 saturated carbocycles. The van der Waals surface area contributed by atoms with Gasteiger partial charge in [0.05, 0.1) is 6.42 Å². The molecule has 0 bridgehead atoms. The Hall–Kier alpha value is -1.83. The molecule has 0 saturated heterocycles. The fourth-order valence-corrected chi connectivity index (χ4v) is 1.78. The largest absolute Gasteiger partial charge is 0.461 e. The molecule has 0 amide bonds. The van der Waals surface area contributed by atoms with Crippen LogP contribution in [0.4, 0.5) is 0 Å². The zero-order valence-electron chi connectivity index (χ0n) is 12.7. The standard InChI is InChI=1S/C18H24O2/c1-15(2)8-7-9-16(3)12-13-20-18(19)14-17-10-5-4-6-11-17/h4-6,8,10-12H,7,9,13-14H2,1-3H3/b16-12-. The number of rotatable bonds is 7. The number of ether oxygens (including phenoxy) is 1. The van der Waals surface area contributed by atoms with Crippen LogP contribution in [0.25, 0.3) is 0 Å². The van der Waals surface area contributed by atoms with E-state index in [0.29, 0.717) is 13.0 Å². The van der Waals surface area contributed by atoms with Crippen LogP contribution in [-0.4, -0.2) is 12.6 Å². The Morgan fingerprint density at radius 1 is 1.10 bits per heavy atom. The van der Waals surface area contributed by atoms with Crippen LogP contribution in [0.2, 0.25) is 0 Å². The first-order chi connectivity index (χ1) is 9.58. The van der Waals surface area contributed by atoms with E-state index in [-0.39, 0.29) is 5.97 Å². The first kappa shape index (κ1) is 16.2. The quantitative estimate of drug-likeness (QED) is 0.541. The SMILES string of the molecule is CC(C)=CCC/C(C)=C\COC(=O)Cc1ccccc1. The first-order valence-corrected chi connectivity index (χ1v) is 7.06. The number of esters is 1. The summed E-state index contributed by atoms with van der Waals surface area (Å²) >= 11 is 0. The molecule has 0 spiro atoms. The van der Waals surface area contributed by atoms with Gasteiger partial charge < -0.3 is 4.74 Å². The van der Waals surface area contributed by atoms with E-state index in [1.165, 1.54) is 11.1 Å². The zero-order valence-corrected chi connectivity index (χ0v) is 12.7. The summed E-state index contributed by atoms with van der Waals surface area (Å²) in [4.78, 5) is 11.6. The molecule has 0 fully saturated rings. The van der Waals surface area contributed by atoms with Gasteiger partial charge in [0.1, 0.15) is 6.61 Å². The number of carbonyl (C=O) groups excluding carboxylic acids is 1. The normalized spacial score (nSPS) is 11.1. The van der Waals surface area contributed by atoms with E-state index in [1.807, 2.05) is 36.4 Å². The van der Waals surface area contributed by atoms with Crippen molar-refractivity contribution in [1.29, 1.82) is 0 Å². The lowest BCUT2D eigenvalue weighted by atomic mass is 10.1. The predicted molar refractivity (Wildman–Crippen MR) is 83.5 cm³/mol. The van der Waals surface area contributed by atoms with Crippen LogP contribution in [0.1, 0.15) is 39.2 Å². The van der Waals surface area contributed by atoms with Crippen molar-refractivity contribution in [1.82, 2.24) is 0 Å². The molecule has 0 aliphatic rings. The highest BCUT2D eigenvalue weighted by molar-refractivity contribution is 5.72. The summed E-state index contributed by atoms with van der Waals surface area (Å²) in [7, 11) is 0. The number of hydrogen-bond donors (Lipinski definition) is 0. The first-order valence-electron chi connectivity index (χ1n) is 7.06. The number of hydrogen-bond acceptors (Lipinski definition) is 2. The topological polar surface area (TPSA) is 26.3 Å². The lowest BCUT2D eigenvalue weighted by Gasteiger charge is -2.03. The van der Waals surface area contributed by atoms with E-state index < -0.39 is 0 Å². The van der Waals surface area contributed by atoms with Crippen LogP contribution in [0.3, 0.4) is 0 Å². The summed E-state index contributed by atoms with van der Waals surface area (Å²) in [6.45, 7) is 6.64. The van der Waals surface area contributed by atoms with Crippen LogP contribution < -0.4 is 0 Å². The van der Waals surface area contributed by atoms with Gasteiger partial charge in [-0.2, -0.15) is 0 Å². The van der Waals surface area contributed by atoms with Gasteiger partial charge in [-0.05, 0) is 45.3 Å². The van der Waals surface area contributed by atoms with Gasteiger partial charge >= 0.3 is 5.97 Å². The predicted octanol–water partition coefficient (Wildman–Crippen LogP) is 4.47. The summed E-state index contributed by atoms with van der Waals surface area (Å²) in [6.07, 6.45) is 6.61. The Kier molecular flexibility index (Phi) is 7.41. The molecule has 2 heteroatoms. The average Bonchev–Trinajstić information content (AvgIpc) is 2.39. The van der Waals surface area contributed by atoms with Gasteiger partial charge in [-0.1, -0.05) is 47.6 Å². The molecule has 1 aromatic rings. The second-order valence-corrected chi connectivity index (χ2v) is 5.22. The lowest BCUT2D eigenvalue weighted by molar-refractivity contribution is -0.141. The van der Waals surface area contributed by atoms with E-state index in [2.05, 4.69) is 26.8 Å². The van der Waals surface area contributed by atoms with Crippen molar-refractivity contribution in [3.8, 4) is 0 Å². The van der Waals surface area contributed by atoms with Gasteiger partial charge in [0.15, 0.2) is 0 Å². The molecular weight excluding hydrogens is 248 g/mol. The molecule has 0 aliphatic heterocycles. The number of carbonyl (C=O) groups is 1. The third-order valence-corrected chi connectivity index (χ3v) is 2.96. The third kappa shape index (κ3) is 7.57. The Morgan fingerprint density at radius 2 is 1.80 bits per heavy atom. The van der Waals surface area contributed by atoms with E-state index in [0.717, 1.165) is 18.4 Å². The van der Waals surface area contributed by atoms with Crippen molar-refractivity contribution < 1.29 is 9.53 Å². The smallest absolute Gasteiger partial charge is 0.310 e. The maximum atomic E-state index is 11.6. The maximum absolute atomic E-state index is 11.6. The summed E-state index contributed by atoms with van der Waals surface area (Å²) in [6, 6.07) is 9.66. The molecule has 1 aromatic carbocycles. The molecule has 0 atom stereocenters. The third-order valence-electron chi connectivity index (χ3n) is 2.96. The van der Waals surface area contributed by atoms with E-state index in [1.54, 1.807) is 0 Å². The van der Waals surface area contributed by atoms with Gasteiger partial charge in [0.25, 0.3) is 0 Å². The molecule has 0 unspecified atom stereocenters. The highest BCUT2D eigenvalue weighted by atomic mass is 16.5.